The average molecular weight is 280 g/mol. The van der Waals surface area contributed by atoms with E-state index in [4.69, 9.17) is 16.3 Å². The molecule has 1 N–H and O–H groups in total. The third-order valence-electron chi connectivity index (χ3n) is 3.69. The van der Waals surface area contributed by atoms with Crippen LogP contribution < -0.4 is 5.32 Å². The van der Waals surface area contributed by atoms with E-state index in [-0.39, 0.29) is 0 Å². The molecule has 2 atom stereocenters. The molecule has 0 spiro atoms. The summed E-state index contributed by atoms with van der Waals surface area (Å²) in [6, 6.07) is 7.78. The molecule has 0 amide bonds. The molecule has 1 aromatic rings. The van der Waals surface area contributed by atoms with Gasteiger partial charge in [-0.1, -0.05) is 42.8 Å². The molecule has 2 nitrogen and oxygen atoms in total. The molecular formula is C16H22ClNO. The first kappa shape index (κ1) is 14.4. The molecule has 3 heteroatoms. The van der Waals surface area contributed by atoms with E-state index < -0.39 is 0 Å². The third kappa shape index (κ3) is 4.55. The van der Waals surface area contributed by atoms with Gasteiger partial charge < -0.3 is 10.1 Å². The van der Waals surface area contributed by atoms with Gasteiger partial charge >= 0.3 is 0 Å². The van der Waals surface area contributed by atoms with Gasteiger partial charge in [0.05, 0.1) is 23.9 Å². The SMILES string of the molecule is CC1CC=CCC1COCCNc1ccccc1Cl. The molecule has 0 heterocycles. The van der Waals surface area contributed by atoms with Crippen LogP contribution >= 0.6 is 11.6 Å². The molecule has 0 aromatic heterocycles. The highest BCUT2D eigenvalue weighted by molar-refractivity contribution is 6.33. The first-order valence-electron chi connectivity index (χ1n) is 6.98. The molecule has 104 valence electrons. The molecule has 0 fully saturated rings. The lowest BCUT2D eigenvalue weighted by atomic mass is 9.85. The lowest BCUT2D eigenvalue weighted by Crippen LogP contribution is -2.21. The summed E-state index contributed by atoms with van der Waals surface area (Å²) in [5, 5.41) is 4.05. The van der Waals surface area contributed by atoms with Crippen LogP contribution in [0.4, 0.5) is 5.69 Å². The number of nitrogens with one attached hydrogen (secondary N) is 1. The minimum absolute atomic E-state index is 0.672. The van der Waals surface area contributed by atoms with E-state index in [0.717, 1.165) is 42.8 Å². The van der Waals surface area contributed by atoms with Crippen molar-refractivity contribution in [1.29, 1.82) is 0 Å². The number of anilines is 1. The Hall–Kier alpha value is -0.990. The molecule has 0 aliphatic heterocycles. The number of benzene rings is 1. The molecule has 1 aliphatic rings. The zero-order valence-corrected chi connectivity index (χ0v) is 12.2. The van der Waals surface area contributed by atoms with Crippen LogP contribution in [0.3, 0.4) is 0 Å². The van der Waals surface area contributed by atoms with E-state index >= 15 is 0 Å². The van der Waals surface area contributed by atoms with Crippen molar-refractivity contribution >= 4 is 17.3 Å². The molecule has 0 saturated carbocycles. The minimum atomic E-state index is 0.672. The third-order valence-corrected chi connectivity index (χ3v) is 4.02. The Bertz CT molecular complexity index is 419. The summed E-state index contributed by atoms with van der Waals surface area (Å²) < 4.78 is 5.77. The second kappa shape index (κ2) is 7.56. The molecule has 0 radical (unpaired) electrons. The molecule has 2 unspecified atom stereocenters. The Morgan fingerprint density at radius 2 is 2.05 bits per heavy atom. The van der Waals surface area contributed by atoms with Gasteiger partial charge in [-0.05, 0) is 36.8 Å². The van der Waals surface area contributed by atoms with Gasteiger partial charge in [0.25, 0.3) is 0 Å². The van der Waals surface area contributed by atoms with Gasteiger partial charge in [-0.25, -0.2) is 0 Å². The fourth-order valence-corrected chi connectivity index (χ4v) is 2.54. The van der Waals surface area contributed by atoms with Crippen molar-refractivity contribution in [3.8, 4) is 0 Å². The van der Waals surface area contributed by atoms with Crippen LogP contribution in [0.2, 0.25) is 5.02 Å². The molecule has 2 rings (SSSR count). The number of allylic oxidation sites excluding steroid dienone is 2. The maximum absolute atomic E-state index is 6.07. The number of hydrogen-bond acceptors (Lipinski definition) is 2. The Balaban J connectivity index is 1.62. The summed E-state index contributed by atoms with van der Waals surface area (Å²) in [6.07, 6.45) is 6.89. The van der Waals surface area contributed by atoms with Crippen molar-refractivity contribution in [2.45, 2.75) is 19.8 Å². The van der Waals surface area contributed by atoms with Crippen LogP contribution in [0.1, 0.15) is 19.8 Å². The molecule has 19 heavy (non-hydrogen) atoms. The Morgan fingerprint density at radius 1 is 1.26 bits per heavy atom. The highest BCUT2D eigenvalue weighted by atomic mass is 35.5. The first-order chi connectivity index (χ1) is 9.27. The van der Waals surface area contributed by atoms with Crippen LogP contribution in [0, 0.1) is 11.8 Å². The highest BCUT2D eigenvalue weighted by Crippen LogP contribution is 2.25. The standard InChI is InChI=1S/C16H22ClNO/c1-13-6-2-3-7-14(13)12-19-11-10-18-16-9-5-4-8-15(16)17/h2-5,8-9,13-14,18H,6-7,10-12H2,1H3. The largest absolute Gasteiger partial charge is 0.382 e. The number of rotatable bonds is 6. The number of hydrogen-bond donors (Lipinski definition) is 1. The molecule has 1 aliphatic carbocycles. The number of halogens is 1. The van der Waals surface area contributed by atoms with Crippen molar-refractivity contribution < 1.29 is 4.74 Å². The maximum atomic E-state index is 6.07. The summed E-state index contributed by atoms with van der Waals surface area (Å²) in [5.74, 6) is 1.41. The van der Waals surface area contributed by atoms with E-state index in [1.807, 2.05) is 24.3 Å². The van der Waals surface area contributed by atoms with Crippen LogP contribution in [-0.2, 0) is 4.74 Å². The zero-order valence-electron chi connectivity index (χ0n) is 11.4. The summed E-state index contributed by atoms with van der Waals surface area (Å²) in [5.41, 5.74) is 0.974. The van der Waals surface area contributed by atoms with E-state index in [0.29, 0.717) is 5.92 Å². The van der Waals surface area contributed by atoms with E-state index in [1.165, 1.54) is 6.42 Å². The fourth-order valence-electron chi connectivity index (χ4n) is 2.34. The fraction of sp³-hybridized carbons (Fsp3) is 0.500. The van der Waals surface area contributed by atoms with Crippen molar-refractivity contribution in [2.24, 2.45) is 11.8 Å². The normalized spacial score (nSPS) is 22.4. The average Bonchev–Trinajstić information content (AvgIpc) is 2.42. The summed E-state index contributed by atoms with van der Waals surface area (Å²) in [7, 11) is 0. The second-order valence-corrected chi connectivity index (χ2v) is 5.57. The van der Waals surface area contributed by atoms with Gasteiger partial charge in [0.15, 0.2) is 0 Å². The zero-order chi connectivity index (χ0) is 13.5. The smallest absolute Gasteiger partial charge is 0.0639 e. The van der Waals surface area contributed by atoms with E-state index in [2.05, 4.69) is 24.4 Å². The van der Waals surface area contributed by atoms with Gasteiger partial charge in [0.2, 0.25) is 0 Å². The Kier molecular flexibility index (Phi) is 5.74. The van der Waals surface area contributed by atoms with Crippen molar-refractivity contribution in [1.82, 2.24) is 0 Å². The Labute approximate surface area is 120 Å². The van der Waals surface area contributed by atoms with Crippen molar-refractivity contribution in [3.05, 3.63) is 41.4 Å². The lowest BCUT2D eigenvalue weighted by Gasteiger charge is -2.25. The maximum Gasteiger partial charge on any atom is 0.0639 e. The molecule has 0 bridgehead atoms. The lowest BCUT2D eigenvalue weighted by molar-refractivity contribution is 0.0860. The quantitative estimate of drug-likeness (QED) is 0.617. The molecule has 1 aromatic carbocycles. The highest BCUT2D eigenvalue weighted by Gasteiger charge is 2.17. The predicted octanol–water partition coefficient (Wildman–Crippen LogP) is 4.37. The predicted molar refractivity (Wildman–Crippen MR) is 81.8 cm³/mol. The topological polar surface area (TPSA) is 21.3 Å². The van der Waals surface area contributed by atoms with Gasteiger partial charge in [-0.2, -0.15) is 0 Å². The Morgan fingerprint density at radius 3 is 2.84 bits per heavy atom. The monoisotopic (exact) mass is 279 g/mol. The van der Waals surface area contributed by atoms with Crippen molar-refractivity contribution in [3.63, 3.8) is 0 Å². The van der Waals surface area contributed by atoms with Crippen molar-refractivity contribution in [2.75, 3.05) is 25.1 Å². The van der Waals surface area contributed by atoms with Crippen LogP contribution in [0.5, 0.6) is 0 Å². The minimum Gasteiger partial charge on any atom is -0.382 e. The van der Waals surface area contributed by atoms with Gasteiger partial charge in [-0.15, -0.1) is 0 Å². The van der Waals surface area contributed by atoms with E-state index in [1.54, 1.807) is 0 Å². The second-order valence-electron chi connectivity index (χ2n) is 5.16. The first-order valence-corrected chi connectivity index (χ1v) is 7.36. The molecular weight excluding hydrogens is 258 g/mol. The number of ether oxygens (including phenoxy) is 1. The van der Waals surface area contributed by atoms with Gasteiger partial charge in [-0.3, -0.25) is 0 Å². The van der Waals surface area contributed by atoms with Crippen LogP contribution in [-0.4, -0.2) is 19.8 Å². The van der Waals surface area contributed by atoms with E-state index in [9.17, 15) is 0 Å². The number of para-hydroxylation sites is 1. The van der Waals surface area contributed by atoms with Crippen LogP contribution in [0.25, 0.3) is 0 Å². The van der Waals surface area contributed by atoms with Gasteiger partial charge in [0.1, 0.15) is 0 Å². The molecule has 0 saturated heterocycles. The summed E-state index contributed by atoms with van der Waals surface area (Å²) in [4.78, 5) is 0. The van der Waals surface area contributed by atoms with Crippen LogP contribution in [0.15, 0.2) is 36.4 Å². The summed E-state index contributed by atoms with van der Waals surface area (Å²) >= 11 is 6.07. The van der Waals surface area contributed by atoms with Gasteiger partial charge in [0, 0.05) is 6.54 Å². The summed E-state index contributed by atoms with van der Waals surface area (Å²) in [6.45, 7) is 4.67.